The normalized spacial score (nSPS) is 10.8. The molecule has 0 fully saturated rings. The number of para-hydroxylation sites is 1. The Hall–Kier alpha value is -1.84. The van der Waals surface area contributed by atoms with Crippen molar-refractivity contribution in [2.45, 2.75) is 12.8 Å². The van der Waals surface area contributed by atoms with Crippen molar-refractivity contribution in [2.75, 3.05) is 0 Å². The maximum Gasteiger partial charge on any atom is 0.219 e. The van der Waals surface area contributed by atoms with Gasteiger partial charge in [0, 0.05) is 17.1 Å². The molecular formula is C16H12Cl2N2O. The summed E-state index contributed by atoms with van der Waals surface area (Å²) in [6.07, 6.45) is 0. The van der Waals surface area contributed by atoms with Crippen LogP contribution in [-0.4, -0.2) is 9.97 Å². The van der Waals surface area contributed by atoms with Crippen LogP contribution in [0.3, 0.4) is 0 Å². The van der Waals surface area contributed by atoms with E-state index in [9.17, 15) is 0 Å². The molecule has 106 valence electrons. The zero-order chi connectivity index (χ0) is 14.8. The van der Waals surface area contributed by atoms with E-state index >= 15 is 0 Å². The summed E-state index contributed by atoms with van der Waals surface area (Å²) in [5.74, 6) is 1.35. The molecule has 0 radical (unpaired) electrons. The van der Waals surface area contributed by atoms with Gasteiger partial charge in [-0.15, -0.1) is 11.6 Å². The minimum atomic E-state index is 0.239. The van der Waals surface area contributed by atoms with E-state index in [-0.39, 0.29) is 5.88 Å². The lowest BCUT2D eigenvalue weighted by Crippen LogP contribution is -1.94. The summed E-state index contributed by atoms with van der Waals surface area (Å²) in [5, 5.41) is 1.55. The topological polar surface area (TPSA) is 35.0 Å². The first-order chi connectivity index (χ1) is 10.2. The van der Waals surface area contributed by atoms with E-state index in [2.05, 4.69) is 9.97 Å². The summed E-state index contributed by atoms with van der Waals surface area (Å²) >= 11 is 11.8. The quantitative estimate of drug-likeness (QED) is 0.628. The Kier molecular flexibility index (Phi) is 3.95. The molecule has 0 bridgehead atoms. The number of benzene rings is 1. The highest BCUT2D eigenvalue weighted by atomic mass is 35.5. The fourth-order valence-corrected chi connectivity index (χ4v) is 2.47. The number of pyridine rings is 2. The Morgan fingerprint density at radius 2 is 1.90 bits per heavy atom. The van der Waals surface area contributed by atoms with Crippen LogP contribution in [0.25, 0.3) is 10.9 Å². The molecule has 0 N–H and O–H groups in total. The third-order valence-electron chi connectivity index (χ3n) is 3.06. The Labute approximate surface area is 132 Å². The number of ether oxygens (including phenoxy) is 1. The molecule has 0 unspecified atom stereocenters. The first kappa shape index (κ1) is 14.1. The maximum atomic E-state index is 6.00. The lowest BCUT2D eigenvalue weighted by atomic mass is 10.2. The number of alkyl halides is 1. The van der Waals surface area contributed by atoms with E-state index in [1.165, 1.54) is 0 Å². The van der Waals surface area contributed by atoms with Crippen molar-refractivity contribution < 1.29 is 4.74 Å². The van der Waals surface area contributed by atoms with E-state index in [1.807, 2.05) is 37.3 Å². The van der Waals surface area contributed by atoms with Gasteiger partial charge in [-0.05, 0) is 25.1 Å². The minimum absolute atomic E-state index is 0.239. The zero-order valence-corrected chi connectivity index (χ0v) is 12.8. The summed E-state index contributed by atoms with van der Waals surface area (Å²) in [4.78, 5) is 8.83. The number of halogens is 2. The highest BCUT2D eigenvalue weighted by Gasteiger charge is 2.08. The van der Waals surface area contributed by atoms with Crippen LogP contribution in [0, 0.1) is 6.92 Å². The average molecular weight is 319 g/mol. The highest BCUT2D eigenvalue weighted by molar-refractivity contribution is 6.32. The number of nitrogens with zero attached hydrogens (tertiary/aromatic N) is 2. The van der Waals surface area contributed by atoms with Gasteiger partial charge in [0.15, 0.2) is 5.75 Å². The van der Waals surface area contributed by atoms with Gasteiger partial charge in [-0.25, -0.2) is 9.97 Å². The molecule has 3 rings (SSSR count). The molecule has 0 atom stereocenters. The minimum Gasteiger partial charge on any atom is -0.437 e. The monoisotopic (exact) mass is 318 g/mol. The van der Waals surface area contributed by atoms with Gasteiger partial charge in [-0.3, -0.25) is 0 Å². The highest BCUT2D eigenvalue weighted by Crippen LogP contribution is 2.29. The number of rotatable bonds is 3. The third kappa shape index (κ3) is 2.94. The maximum absolute atomic E-state index is 6.00. The second kappa shape index (κ2) is 5.88. The van der Waals surface area contributed by atoms with Gasteiger partial charge in [0.1, 0.15) is 5.52 Å². The van der Waals surface area contributed by atoms with E-state index < -0.39 is 0 Å². The van der Waals surface area contributed by atoms with Gasteiger partial charge in [-0.2, -0.15) is 0 Å². The molecule has 0 spiro atoms. The van der Waals surface area contributed by atoms with Gasteiger partial charge < -0.3 is 4.74 Å². The first-order valence-electron chi connectivity index (χ1n) is 6.43. The zero-order valence-electron chi connectivity index (χ0n) is 11.3. The van der Waals surface area contributed by atoms with Crippen LogP contribution in [0.4, 0.5) is 0 Å². The summed E-state index contributed by atoms with van der Waals surface area (Å²) in [5.41, 5.74) is 2.34. The third-order valence-corrected chi connectivity index (χ3v) is 3.65. The molecule has 2 heterocycles. The van der Waals surface area contributed by atoms with Crippen LogP contribution in [0.2, 0.25) is 5.02 Å². The van der Waals surface area contributed by atoms with Crippen LogP contribution in [0.15, 0.2) is 42.5 Å². The van der Waals surface area contributed by atoms with Crippen LogP contribution < -0.4 is 4.74 Å². The second-order valence-corrected chi connectivity index (χ2v) is 5.27. The lowest BCUT2D eigenvalue weighted by molar-refractivity contribution is 0.465. The number of fused-ring (bicyclic) bond motifs is 1. The fourth-order valence-electron chi connectivity index (χ4n) is 2.03. The van der Waals surface area contributed by atoms with Crippen LogP contribution in [0.1, 0.15) is 11.4 Å². The number of hydrogen-bond donors (Lipinski definition) is 0. The van der Waals surface area contributed by atoms with E-state index in [1.54, 1.807) is 12.1 Å². The summed E-state index contributed by atoms with van der Waals surface area (Å²) in [6, 6.07) is 13.2. The Bertz CT molecular complexity index is 805. The van der Waals surface area contributed by atoms with Crippen LogP contribution in [-0.2, 0) is 5.88 Å². The molecule has 0 aliphatic heterocycles. The summed E-state index contributed by atoms with van der Waals surface area (Å²) < 4.78 is 5.85. The molecule has 2 aromatic heterocycles. The molecule has 5 heteroatoms. The Morgan fingerprint density at radius 1 is 1.05 bits per heavy atom. The standard InChI is InChI=1S/C16H12Cl2N2O/c1-10-5-6-11-3-2-4-14(16(11)19-10)21-15-8-7-12(18)13(9-17)20-15/h2-8H,9H2,1H3. The van der Waals surface area contributed by atoms with Gasteiger partial charge in [-0.1, -0.05) is 29.8 Å². The van der Waals surface area contributed by atoms with Crippen molar-refractivity contribution in [3.63, 3.8) is 0 Å². The van der Waals surface area contributed by atoms with Gasteiger partial charge in [0.2, 0.25) is 5.88 Å². The molecule has 21 heavy (non-hydrogen) atoms. The van der Waals surface area contributed by atoms with Gasteiger partial charge >= 0.3 is 0 Å². The molecular weight excluding hydrogens is 307 g/mol. The van der Waals surface area contributed by atoms with Crippen LogP contribution in [0.5, 0.6) is 11.6 Å². The summed E-state index contributed by atoms with van der Waals surface area (Å²) in [6.45, 7) is 1.95. The molecule has 0 saturated carbocycles. The molecule has 0 amide bonds. The van der Waals surface area contributed by atoms with E-state index in [0.717, 1.165) is 16.6 Å². The second-order valence-electron chi connectivity index (χ2n) is 4.59. The predicted octanol–water partition coefficient (Wildman–Crippen LogP) is 5.12. The van der Waals surface area contributed by atoms with E-state index in [0.29, 0.717) is 22.3 Å². The molecule has 0 aliphatic carbocycles. The molecule has 0 saturated heterocycles. The Balaban J connectivity index is 2.03. The van der Waals surface area contributed by atoms with Gasteiger partial charge in [0.05, 0.1) is 16.6 Å². The number of aryl methyl sites for hydroxylation is 1. The fraction of sp³-hybridized carbons (Fsp3) is 0.125. The first-order valence-corrected chi connectivity index (χ1v) is 7.34. The molecule has 0 aliphatic rings. The van der Waals surface area contributed by atoms with Crippen molar-refractivity contribution >= 4 is 34.1 Å². The molecule has 3 aromatic rings. The average Bonchev–Trinajstić information content (AvgIpc) is 2.50. The molecule has 3 nitrogen and oxygen atoms in total. The Morgan fingerprint density at radius 3 is 2.71 bits per heavy atom. The van der Waals surface area contributed by atoms with Crippen molar-refractivity contribution in [3.8, 4) is 11.6 Å². The van der Waals surface area contributed by atoms with Crippen LogP contribution >= 0.6 is 23.2 Å². The van der Waals surface area contributed by atoms with E-state index in [4.69, 9.17) is 27.9 Å². The van der Waals surface area contributed by atoms with Crippen molar-refractivity contribution in [3.05, 3.63) is 58.9 Å². The smallest absolute Gasteiger partial charge is 0.219 e. The SMILES string of the molecule is Cc1ccc2cccc(Oc3ccc(Cl)c(CCl)n3)c2n1. The number of hydrogen-bond acceptors (Lipinski definition) is 3. The summed E-state index contributed by atoms with van der Waals surface area (Å²) in [7, 11) is 0. The van der Waals surface area contributed by atoms with Crippen molar-refractivity contribution in [2.24, 2.45) is 0 Å². The lowest BCUT2D eigenvalue weighted by Gasteiger charge is -2.09. The predicted molar refractivity (Wildman–Crippen MR) is 85.4 cm³/mol. The largest absolute Gasteiger partial charge is 0.437 e. The van der Waals surface area contributed by atoms with Gasteiger partial charge in [0.25, 0.3) is 0 Å². The molecule has 1 aromatic carbocycles. The number of aromatic nitrogens is 2. The van der Waals surface area contributed by atoms with Crippen molar-refractivity contribution in [1.29, 1.82) is 0 Å². The van der Waals surface area contributed by atoms with Crippen molar-refractivity contribution in [1.82, 2.24) is 9.97 Å².